The van der Waals surface area contributed by atoms with Crippen molar-refractivity contribution in [1.29, 1.82) is 0 Å². The van der Waals surface area contributed by atoms with Gasteiger partial charge in [-0.05, 0) is 24.2 Å². The summed E-state index contributed by atoms with van der Waals surface area (Å²) in [5.41, 5.74) is 1.01. The highest BCUT2D eigenvalue weighted by atomic mass is 35.5. The average molecular weight is 352 g/mol. The molecule has 2 rings (SSSR count). The van der Waals surface area contributed by atoms with Crippen molar-refractivity contribution in [2.75, 3.05) is 39.3 Å². The minimum atomic E-state index is -0.0199. The second-order valence-electron chi connectivity index (χ2n) is 6.13. The van der Waals surface area contributed by atoms with Crippen LogP contribution in [-0.4, -0.2) is 65.8 Å². The van der Waals surface area contributed by atoms with Crippen molar-refractivity contribution < 1.29 is 9.59 Å². The topological polar surface area (TPSA) is 43.9 Å². The molecule has 6 heteroatoms. The first-order chi connectivity index (χ1) is 11.5. The number of hydrogen-bond acceptors (Lipinski definition) is 3. The Morgan fingerprint density at radius 1 is 1.12 bits per heavy atom. The van der Waals surface area contributed by atoms with Crippen LogP contribution in [0.3, 0.4) is 0 Å². The summed E-state index contributed by atoms with van der Waals surface area (Å²) in [5.74, 6) is 0.113. The van der Waals surface area contributed by atoms with Crippen molar-refractivity contribution in [2.45, 2.75) is 26.8 Å². The van der Waals surface area contributed by atoms with Gasteiger partial charge in [-0.2, -0.15) is 0 Å². The molecule has 1 aliphatic rings. The molecule has 24 heavy (non-hydrogen) atoms. The van der Waals surface area contributed by atoms with Crippen LogP contribution in [0.2, 0.25) is 5.02 Å². The van der Waals surface area contributed by atoms with Gasteiger partial charge in [-0.25, -0.2) is 0 Å². The van der Waals surface area contributed by atoms with E-state index in [1.807, 2.05) is 29.2 Å². The van der Waals surface area contributed by atoms with Gasteiger partial charge in [-0.3, -0.25) is 9.59 Å². The van der Waals surface area contributed by atoms with E-state index in [4.69, 9.17) is 11.6 Å². The molecule has 0 bridgehead atoms. The summed E-state index contributed by atoms with van der Waals surface area (Å²) in [6, 6.07) is 7.44. The zero-order valence-corrected chi connectivity index (χ0v) is 15.3. The molecule has 0 aliphatic carbocycles. The van der Waals surface area contributed by atoms with Gasteiger partial charge in [0, 0.05) is 57.6 Å². The third-order valence-electron chi connectivity index (χ3n) is 4.50. The zero-order chi connectivity index (χ0) is 17.5. The maximum Gasteiger partial charge on any atom is 0.224 e. The number of amides is 2. The number of likely N-dealkylation sites (N-methyl/N-ethyl adjacent to an activating group) is 1. The van der Waals surface area contributed by atoms with E-state index in [0.717, 1.165) is 38.3 Å². The molecule has 0 aromatic heterocycles. The lowest BCUT2D eigenvalue weighted by Crippen LogP contribution is -2.49. The third-order valence-corrected chi connectivity index (χ3v) is 4.75. The molecule has 0 unspecified atom stereocenters. The fourth-order valence-corrected chi connectivity index (χ4v) is 2.99. The van der Waals surface area contributed by atoms with Crippen LogP contribution in [-0.2, 0) is 16.1 Å². The van der Waals surface area contributed by atoms with Crippen LogP contribution >= 0.6 is 11.6 Å². The first-order valence-electron chi connectivity index (χ1n) is 8.49. The molecule has 1 aliphatic heterocycles. The fraction of sp³-hybridized carbons (Fsp3) is 0.556. The number of hydrogen-bond donors (Lipinski definition) is 0. The molecule has 0 atom stereocenters. The van der Waals surface area contributed by atoms with Crippen molar-refractivity contribution >= 4 is 23.4 Å². The van der Waals surface area contributed by atoms with Gasteiger partial charge in [0.1, 0.15) is 0 Å². The van der Waals surface area contributed by atoms with Crippen LogP contribution < -0.4 is 0 Å². The summed E-state index contributed by atoms with van der Waals surface area (Å²) in [6.07, 6.45) is 0.374. The molecule has 0 N–H and O–H groups in total. The number of benzene rings is 1. The van der Waals surface area contributed by atoms with Crippen LogP contribution in [0.25, 0.3) is 0 Å². The Balaban J connectivity index is 1.83. The molecular weight excluding hydrogens is 326 g/mol. The largest absolute Gasteiger partial charge is 0.340 e. The van der Waals surface area contributed by atoms with Gasteiger partial charge in [-0.1, -0.05) is 30.7 Å². The molecule has 2 amide bonds. The van der Waals surface area contributed by atoms with Gasteiger partial charge in [0.2, 0.25) is 11.8 Å². The Labute approximate surface area is 149 Å². The van der Waals surface area contributed by atoms with Gasteiger partial charge in [0.15, 0.2) is 0 Å². The molecule has 1 aromatic rings. The lowest BCUT2D eigenvalue weighted by Gasteiger charge is -2.34. The number of halogens is 1. The molecule has 5 nitrogen and oxygen atoms in total. The minimum Gasteiger partial charge on any atom is -0.340 e. The van der Waals surface area contributed by atoms with E-state index in [0.29, 0.717) is 24.5 Å². The summed E-state index contributed by atoms with van der Waals surface area (Å²) >= 11 is 5.89. The van der Waals surface area contributed by atoms with Crippen molar-refractivity contribution in [3.63, 3.8) is 0 Å². The molecule has 0 radical (unpaired) electrons. The van der Waals surface area contributed by atoms with E-state index in [9.17, 15) is 9.59 Å². The molecule has 132 valence electrons. The second-order valence-corrected chi connectivity index (χ2v) is 6.57. The molecule has 1 heterocycles. The SMILES string of the molecule is CCN1CCN(C(=O)CCN(Cc2ccc(Cl)cc2)C(C)=O)CC1. The van der Waals surface area contributed by atoms with Gasteiger partial charge < -0.3 is 14.7 Å². The predicted molar refractivity (Wildman–Crippen MR) is 95.9 cm³/mol. The van der Waals surface area contributed by atoms with Crippen molar-refractivity contribution in [3.8, 4) is 0 Å². The van der Waals surface area contributed by atoms with Crippen molar-refractivity contribution in [2.24, 2.45) is 0 Å². The summed E-state index contributed by atoms with van der Waals surface area (Å²) in [5, 5.41) is 0.675. The van der Waals surface area contributed by atoms with Crippen LogP contribution in [0.5, 0.6) is 0 Å². The Bertz CT molecular complexity index is 554. The summed E-state index contributed by atoms with van der Waals surface area (Å²) in [7, 11) is 0. The molecule has 0 spiro atoms. The van der Waals surface area contributed by atoms with E-state index >= 15 is 0 Å². The maximum atomic E-state index is 12.4. The number of carbonyl (C=O) groups excluding carboxylic acids is 2. The van der Waals surface area contributed by atoms with Gasteiger partial charge >= 0.3 is 0 Å². The Kier molecular flexibility index (Phi) is 7.06. The van der Waals surface area contributed by atoms with Crippen LogP contribution in [0, 0.1) is 0 Å². The fourth-order valence-electron chi connectivity index (χ4n) is 2.86. The quantitative estimate of drug-likeness (QED) is 0.789. The lowest BCUT2D eigenvalue weighted by atomic mass is 10.2. The highest BCUT2D eigenvalue weighted by Gasteiger charge is 2.21. The maximum absolute atomic E-state index is 12.4. The Hall–Kier alpha value is -1.59. The summed E-state index contributed by atoms with van der Waals surface area (Å²) in [6.45, 7) is 9.09. The molecule has 1 fully saturated rings. The number of carbonyl (C=O) groups is 2. The molecular formula is C18H26ClN3O2. The molecule has 0 saturated carbocycles. The zero-order valence-electron chi connectivity index (χ0n) is 14.5. The Morgan fingerprint density at radius 2 is 1.75 bits per heavy atom. The average Bonchev–Trinajstić information content (AvgIpc) is 2.59. The number of rotatable bonds is 6. The van der Waals surface area contributed by atoms with Crippen molar-refractivity contribution in [3.05, 3.63) is 34.9 Å². The first kappa shape index (κ1) is 18.7. The van der Waals surface area contributed by atoms with E-state index in [-0.39, 0.29) is 11.8 Å². The smallest absolute Gasteiger partial charge is 0.224 e. The van der Waals surface area contributed by atoms with E-state index < -0.39 is 0 Å². The monoisotopic (exact) mass is 351 g/mol. The van der Waals surface area contributed by atoms with Crippen LogP contribution in [0.4, 0.5) is 0 Å². The van der Waals surface area contributed by atoms with Crippen LogP contribution in [0.15, 0.2) is 24.3 Å². The summed E-state index contributed by atoms with van der Waals surface area (Å²) in [4.78, 5) is 30.2. The second kappa shape index (κ2) is 9.04. The third kappa shape index (κ3) is 5.49. The van der Waals surface area contributed by atoms with Gasteiger partial charge in [-0.15, -0.1) is 0 Å². The first-order valence-corrected chi connectivity index (χ1v) is 8.87. The van der Waals surface area contributed by atoms with E-state index in [1.54, 1.807) is 11.8 Å². The van der Waals surface area contributed by atoms with E-state index in [2.05, 4.69) is 11.8 Å². The van der Waals surface area contributed by atoms with Crippen molar-refractivity contribution in [1.82, 2.24) is 14.7 Å². The number of nitrogens with zero attached hydrogens (tertiary/aromatic N) is 3. The minimum absolute atomic E-state index is 0.0199. The van der Waals surface area contributed by atoms with E-state index in [1.165, 1.54) is 0 Å². The number of piperazine rings is 1. The highest BCUT2D eigenvalue weighted by molar-refractivity contribution is 6.30. The molecule has 1 saturated heterocycles. The normalized spacial score (nSPS) is 15.4. The van der Waals surface area contributed by atoms with Crippen LogP contribution in [0.1, 0.15) is 25.8 Å². The van der Waals surface area contributed by atoms with Gasteiger partial charge in [0.05, 0.1) is 0 Å². The molecule has 1 aromatic carbocycles. The Morgan fingerprint density at radius 3 is 2.29 bits per heavy atom. The lowest BCUT2D eigenvalue weighted by molar-refractivity contribution is -0.135. The summed E-state index contributed by atoms with van der Waals surface area (Å²) < 4.78 is 0. The van der Waals surface area contributed by atoms with Gasteiger partial charge in [0.25, 0.3) is 0 Å². The highest BCUT2D eigenvalue weighted by Crippen LogP contribution is 2.12. The standard InChI is InChI=1S/C18H26ClN3O2/c1-3-20-10-12-21(13-11-20)18(24)8-9-22(15(2)23)14-16-4-6-17(19)7-5-16/h4-7H,3,8-14H2,1-2H3. The predicted octanol–water partition coefficient (Wildman–Crippen LogP) is 2.24.